The third-order valence-corrected chi connectivity index (χ3v) is 8.98. The number of piperazine rings is 1. The molecule has 1 saturated heterocycles. The summed E-state index contributed by atoms with van der Waals surface area (Å²) in [5.41, 5.74) is 3.65. The first-order valence-electron chi connectivity index (χ1n) is 15.4. The van der Waals surface area contributed by atoms with E-state index >= 15 is 0 Å². The maximum Gasteiger partial charge on any atom is 0.336 e. The van der Waals surface area contributed by atoms with E-state index in [1.54, 1.807) is 25.3 Å². The number of hydrogen-bond donors (Lipinski definition) is 1. The molecular weight excluding hydrogens is 558 g/mol. The Morgan fingerprint density at radius 3 is 2.23 bits per heavy atom. The van der Waals surface area contributed by atoms with E-state index < -0.39 is 17.9 Å². The number of carboxylic acid groups (broad SMARTS) is 1. The first-order chi connectivity index (χ1) is 21.2. The minimum atomic E-state index is -1.07. The molecule has 0 radical (unpaired) electrons. The van der Waals surface area contributed by atoms with E-state index in [0.29, 0.717) is 47.0 Å². The summed E-state index contributed by atoms with van der Waals surface area (Å²) in [6, 6.07) is 15.8. The van der Waals surface area contributed by atoms with Gasteiger partial charge in [-0.1, -0.05) is 36.4 Å². The van der Waals surface area contributed by atoms with Gasteiger partial charge in [0, 0.05) is 50.2 Å². The van der Waals surface area contributed by atoms with Crippen molar-refractivity contribution in [2.75, 3.05) is 60.6 Å². The Hall–Kier alpha value is -3.82. The largest absolute Gasteiger partial charge is 0.493 e. The first-order valence-corrected chi connectivity index (χ1v) is 15.4. The van der Waals surface area contributed by atoms with Crippen LogP contribution >= 0.6 is 0 Å². The predicted octanol–water partition coefficient (Wildman–Crippen LogP) is 4.94. The summed E-state index contributed by atoms with van der Waals surface area (Å²) in [6.45, 7) is 10.7. The molecule has 238 valence electrons. The van der Waals surface area contributed by atoms with Crippen LogP contribution in [0.5, 0.6) is 11.5 Å². The topological polar surface area (TPSA) is 91.8 Å². The third kappa shape index (κ3) is 7.63. The Balaban J connectivity index is 1.64. The molecule has 9 heteroatoms. The third-order valence-electron chi connectivity index (χ3n) is 8.98. The highest BCUT2D eigenvalue weighted by Crippen LogP contribution is 2.44. The van der Waals surface area contributed by atoms with Gasteiger partial charge in [-0.25, -0.2) is 9.59 Å². The highest BCUT2D eigenvalue weighted by molar-refractivity contribution is 5.99. The van der Waals surface area contributed by atoms with Crippen LogP contribution in [0.4, 0.5) is 0 Å². The van der Waals surface area contributed by atoms with Crippen LogP contribution in [0.3, 0.4) is 0 Å². The Bertz CT molecular complexity index is 1360. The van der Waals surface area contributed by atoms with Crippen LogP contribution in [0, 0.1) is 0 Å². The average Bonchev–Trinajstić information content (AvgIpc) is 3.02. The minimum absolute atomic E-state index is 0.153. The minimum Gasteiger partial charge on any atom is -0.493 e. The number of benzene rings is 2. The van der Waals surface area contributed by atoms with Gasteiger partial charge in [0.2, 0.25) is 0 Å². The summed E-state index contributed by atoms with van der Waals surface area (Å²) >= 11 is 0. The molecule has 1 fully saturated rings. The number of carbonyl (C=O) groups is 2. The Morgan fingerprint density at radius 2 is 1.59 bits per heavy atom. The zero-order valence-electron chi connectivity index (χ0n) is 27.0. The van der Waals surface area contributed by atoms with Crippen LogP contribution in [0.1, 0.15) is 50.7 Å². The van der Waals surface area contributed by atoms with E-state index in [1.807, 2.05) is 36.9 Å². The molecule has 2 aliphatic heterocycles. The molecule has 0 amide bonds. The van der Waals surface area contributed by atoms with Crippen LogP contribution in [0.25, 0.3) is 0 Å². The first kappa shape index (κ1) is 33.1. The molecule has 0 aromatic heterocycles. The van der Waals surface area contributed by atoms with Crippen LogP contribution < -0.4 is 9.47 Å². The van der Waals surface area contributed by atoms with Gasteiger partial charge in [-0.05, 0) is 70.3 Å². The molecule has 4 rings (SSSR count). The summed E-state index contributed by atoms with van der Waals surface area (Å²) in [5, 5.41) is 10.6. The fraction of sp³-hybridized carbons (Fsp3) is 0.486. The second-order valence-corrected chi connectivity index (χ2v) is 11.7. The van der Waals surface area contributed by atoms with Crippen LogP contribution in [0.2, 0.25) is 0 Å². The van der Waals surface area contributed by atoms with Gasteiger partial charge in [-0.3, -0.25) is 4.90 Å². The summed E-state index contributed by atoms with van der Waals surface area (Å²) in [5.74, 6) is -1.41. The van der Waals surface area contributed by atoms with E-state index in [1.165, 1.54) is 12.7 Å². The Kier molecular flexibility index (Phi) is 11.5. The number of carboxylic acids is 1. The fourth-order valence-corrected chi connectivity index (χ4v) is 6.28. The van der Waals surface area contributed by atoms with Crippen molar-refractivity contribution in [3.63, 3.8) is 0 Å². The molecule has 0 aliphatic carbocycles. The zero-order valence-corrected chi connectivity index (χ0v) is 27.0. The quantitative estimate of drug-likeness (QED) is 0.319. The van der Waals surface area contributed by atoms with Crippen molar-refractivity contribution in [3.8, 4) is 11.5 Å². The summed E-state index contributed by atoms with van der Waals surface area (Å²) < 4.78 is 16.9. The number of rotatable bonds is 13. The molecule has 0 bridgehead atoms. The number of likely N-dealkylation sites (N-methyl/N-ethyl adjacent to an activating group) is 1. The van der Waals surface area contributed by atoms with E-state index in [-0.39, 0.29) is 18.2 Å². The zero-order chi connectivity index (χ0) is 31.8. The van der Waals surface area contributed by atoms with Crippen molar-refractivity contribution in [1.82, 2.24) is 14.7 Å². The van der Waals surface area contributed by atoms with Crippen molar-refractivity contribution in [1.29, 1.82) is 0 Å². The highest BCUT2D eigenvalue weighted by atomic mass is 16.5. The molecule has 2 atom stereocenters. The van der Waals surface area contributed by atoms with Gasteiger partial charge in [0.25, 0.3) is 0 Å². The standard InChI is InChI=1S/C35H47N3O6/c1-24(37-20-18-36(4)19-21-37)16-22-44-35(41)32-26(3)38(17-10-13-27-11-8-7-9-12-27)25(2)31(34(39)40)33(32)28-14-15-29(42-5)30(23-28)43-6/h7-9,11-12,14-15,23-24,33H,10,13,16-22H2,1-6H3,(H,39,40). The molecule has 1 N–H and O–H groups in total. The second kappa shape index (κ2) is 15.3. The molecule has 0 spiro atoms. The lowest BCUT2D eigenvalue weighted by Gasteiger charge is -2.38. The van der Waals surface area contributed by atoms with Crippen LogP contribution in [0.15, 0.2) is 71.1 Å². The normalized spacial score (nSPS) is 18.8. The second-order valence-electron chi connectivity index (χ2n) is 11.7. The molecule has 2 aromatic rings. The molecular formula is C35H47N3O6. The van der Waals surface area contributed by atoms with E-state index in [2.05, 4.69) is 35.9 Å². The van der Waals surface area contributed by atoms with Gasteiger partial charge in [-0.2, -0.15) is 0 Å². The lowest BCUT2D eigenvalue weighted by atomic mass is 9.79. The van der Waals surface area contributed by atoms with E-state index in [4.69, 9.17) is 14.2 Å². The van der Waals surface area contributed by atoms with Crippen molar-refractivity contribution >= 4 is 11.9 Å². The van der Waals surface area contributed by atoms with Crippen LogP contribution in [-0.2, 0) is 20.7 Å². The monoisotopic (exact) mass is 605 g/mol. The number of hydrogen-bond acceptors (Lipinski definition) is 8. The maximum absolute atomic E-state index is 14.0. The molecule has 9 nitrogen and oxygen atoms in total. The molecule has 2 unspecified atom stereocenters. The lowest BCUT2D eigenvalue weighted by Crippen LogP contribution is -2.48. The average molecular weight is 606 g/mol. The maximum atomic E-state index is 14.0. The van der Waals surface area contributed by atoms with Gasteiger partial charge < -0.3 is 29.1 Å². The number of ether oxygens (including phenoxy) is 3. The number of methoxy groups -OCH3 is 2. The number of carbonyl (C=O) groups excluding carboxylic acids is 1. The summed E-state index contributed by atoms with van der Waals surface area (Å²) in [7, 11) is 5.22. The van der Waals surface area contributed by atoms with Gasteiger partial charge in [0.1, 0.15) is 0 Å². The van der Waals surface area contributed by atoms with E-state index in [9.17, 15) is 14.7 Å². The van der Waals surface area contributed by atoms with Crippen LogP contribution in [-0.4, -0.2) is 98.4 Å². The van der Waals surface area contributed by atoms with E-state index in [0.717, 1.165) is 39.0 Å². The predicted molar refractivity (Wildman–Crippen MR) is 171 cm³/mol. The number of nitrogens with zero attached hydrogens (tertiary/aromatic N) is 3. The number of aliphatic carboxylic acids is 1. The molecule has 2 aliphatic rings. The summed E-state index contributed by atoms with van der Waals surface area (Å²) in [6.07, 6.45) is 2.32. The van der Waals surface area contributed by atoms with Crippen molar-refractivity contribution in [3.05, 3.63) is 82.2 Å². The SMILES string of the molecule is COc1ccc(C2C(C(=O)O)=C(C)N(CCCc3ccccc3)C(C)=C2C(=O)OCCC(C)N2CCN(C)CC2)cc1OC. The molecule has 44 heavy (non-hydrogen) atoms. The number of allylic oxidation sites excluding steroid dienone is 2. The Labute approximate surface area is 261 Å². The van der Waals surface area contributed by atoms with Gasteiger partial charge >= 0.3 is 11.9 Å². The van der Waals surface area contributed by atoms with Crippen molar-refractivity contribution < 1.29 is 28.9 Å². The highest BCUT2D eigenvalue weighted by Gasteiger charge is 2.40. The fourth-order valence-electron chi connectivity index (χ4n) is 6.28. The molecule has 0 saturated carbocycles. The van der Waals surface area contributed by atoms with Gasteiger partial charge in [0.15, 0.2) is 11.5 Å². The van der Waals surface area contributed by atoms with Gasteiger partial charge in [-0.15, -0.1) is 0 Å². The molecule has 2 heterocycles. The number of aryl methyl sites for hydroxylation is 1. The van der Waals surface area contributed by atoms with Crippen molar-refractivity contribution in [2.24, 2.45) is 0 Å². The number of esters is 1. The Morgan fingerprint density at radius 1 is 0.932 bits per heavy atom. The lowest BCUT2D eigenvalue weighted by molar-refractivity contribution is -0.140. The van der Waals surface area contributed by atoms with Crippen molar-refractivity contribution in [2.45, 2.75) is 52.0 Å². The van der Waals surface area contributed by atoms with Gasteiger partial charge in [0.05, 0.1) is 37.9 Å². The molecule has 2 aromatic carbocycles. The summed E-state index contributed by atoms with van der Waals surface area (Å²) in [4.78, 5) is 33.6. The smallest absolute Gasteiger partial charge is 0.336 e.